The first-order valence-electron chi connectivity index (χ1n) is 8.21. The third-order valence-electron chi connectivity index (χ3n) is 4.85. The summed E-state index contributed by atoms with van der Waals surface area (Å²) in [5, 5.41) is 0. The molecule has 0 radical (unpaired) electrons. The highest BCUT2D eigenvalue weighted by molar-refractivity contribution is 5.65. The number of rotatable bonds is 5. The maximum atomic E-state index is 4.09. The number of allylic oxidation sites excluding steroid dienone is 1. The summed E-state index contributed by atoms with van der Waals surface area (Å²) < 4.78 is 0. The Morgan fingerprint density at radius 3 is 2.41 bits per heavy atom. The lowest BCUT2D eigenvalue weighted by Crippen LogP contribution is -2.00. The van der Waals surface area contributed by atoms with Gasteiger partial charge in [-0.25, -0.2) is 0 Å². The van der Waals surface area contributed by atoms with Crippen LogP contribution in [0.2, 0.25) is 0 Å². The van der Waals surface area contributed by atoms with Crippen molar-refractivity contribution in [3.8, 4) is 0 Å². The van der Waals surface area contributed by atoms with Crippen molar-refractivity contribution in [2.45, 2.75) is 53.4 Å². The predicted octanol–water partition coefficient (Wildman–Crippen LogP) is 6.38. The van der Waals surface area contributed by atoms with Crippen LogP contribution in [-0.4, -0.2) is 0 Å². The second-order valence-corrected chi connectivity index (χ2v) is 6.65. The molecular formula is C22H28. The van der Waals surface area contributed by atoms with Crippen molar-refractivity contribution < 1.29 is 0 Å². The zero-order valence-electron chi connectivity index (χ0n) is 14.7. The van der Waals surface area contributed by atoms with E-state index >= 15 is 0 Å². The van der Waals surface area contributed by atoms with Crippen LogP contribution in [-0.2, 0) is 6.42 Å². The summed E-state index contributed by atoms with van der Waals surface area (Å²) in [6, 6.07) is 13.5. The van der Waals surface area contributed by atoms with E-state index in [4.69, 9.17) is 0 Å². The average molecular weight is 292 g/mol. The molecule has 2 aromatic rings. The van der Waals surface area contributed by atoms with Crippen molar-refractivity contribution in [2.24, 2.45) is 0 Å². The smallest absolute Gasteiger partial charge is 0.0187 e. The zero-order chi connectivity index (χ0) is 16.3. The van der Waals surface area contributed by atoms with Crippen LogP contribution >= 0.6 is 0 Å². The quantitative estimate of drug-likeness (QED) is 0.599. The molecule has 0 amide bonds. The summed E-state index contributed by atoms with van der Waals surface area (Å²) in [5.74, 6) is 0.590. The summed E-state index contributed by atoms with van der Waals surface area (Å²) >= 11 is 0. The highest BCUT2D eigenvalue weighted by Gasteiger charge is 2.09. The molecule has 0 nitrogen and oxygen atoms in total. The fourth-order valence-corrected chi connectivity index (χ4v) is 3.03. The maximum Gasteiger partial charge on any atom is -0.0187 e. The molecule has 0 saturated carbocycles. The van der Waals surface area contributed by atoms with Crippen molar-refractivity contribution in [3.63, 3.8) is 0 Å². The zero-order valence-corrected chi connectivity index (χ0v) is 14.7. The van der Waals surface area contributed by atoms with Crippen LogP contribution in [0.3, 0.4) is 0 Å². The molecule has 1 atom stereocenters. The highest BCUT2D eigenvalue weighted by atomic mass is 14.1. The van der Waals surface area contributed by atoms with Crippen molar-refractivity contribution in [1.29, 1.82) is 0 Å². The molecule has 0 heteroatoms. The first kappa shape index (κ1) is 16.5. The Labute approximate surface area is 135 Å². The van der Waals surface area contributed by atoms with E-state index in [0.717, 1.165) is 12.0 Å². The van der Waals surface area contributed by atoms with Crippen LogP contribution in [0.1, 0.15) is 59.6 Å². The fourth-order valence-electron chi connectivity index (χ4n) is 3.03. The van der Waals surface area contributed by atoms with Gasteiger partial charge in [-0.15, -0.1) is 0 Å². The molecule has 0 spiro atoms. The molecule has 2 rings (SSSR count). The van der Waals surface area contributed by atoms with Crippen LogP contribution in [0.5, 0.6) is 0 Å². The Morgan fingerprint density at radius 1 is 1.05 bits per heavy atom. The maximum absolute atomic E-state index is 4.09. The molecule has 116 valence electrons. The van der Waals surface area contributed by atoms with E-state index in [9.17, 15) is 0 Å². The minimum absolute atomic E-state index is 0.590. The first-order chi connectivity index (χ1) is 10.4. The third-order valence-corrected chi connectivity index (χ3v) is 4.85. The molecular weight excluding hydrogens is 264 g/mol. The Balaban J connectivity index is 2.11. The molecule has 0 aliphatic heterocycles. The van der Waals surface area contributed by atoms with E-state index in [-0.39, 0.29) is 0 Å². The lowest BCUT2D eigenvalue weighted by atomic mass is 9.89. The third kappa shape index (κ3) is 3.68. The minimum atomic E-state index is 0.590. The van der Waals surface area contributed by atoms with Gasteiger partial charge in [-0.1, -0.05) is 55.5 Å². The predicted molar refractivity (Wildman–Crippen MR) is 98.5 cm³/mol. The van der Waals surface area contributed by atoms with Crippen molar-refractivity contribution >= 4 is 5.57 Å². The van der Waals surface area contributed by atoms with Gasteiger partial charge in [-0.05, 0) is 79.8 Å². The Morgan fingerprint density at radius 2 is 1.77 bits per heavy atom. The van der Waals surface area contributed by atoms with Gasteiger partial charge in [0, 0.05) is 0 Å². The Kier molecular flexibility index (Phi) is 5.24. The van der Waals surface area contributed by atoms with E-state index in [0.29, 0.717) is 5.92 Å². The topological polar surface area (TPSA) is 0 Å². The van der Waals surface area contributed by atoms with Crippen LogP contribution in [0.25, 0.3) is 5.57 Å². The van der Waals surface area contributed by atoms with Gasteiger partial charge in [0.25, 0.3) is 0 Å². The van der Waals surface area contributed by atoms with E-state index in [1.54, 1.807) is 0 Å². The number of hydrogen-bond acceptors (Lipinski definition) is 0. The lowest BCUT2D eigenvalue weighted by Gasteiger charge is -2.16. The van der Waals surface area contributed by atoms with Gasteiger partial charge in [0.15, 0.2) is 0 Å². The summed E-state index contributed by atoms with van der Waals surface area (Å²) in [4.78, 5) is 0. The second kappa shape index (κ2) is 6.96. The van der Waals surface area contributed by atoms with Crippen molar-refractivity contribution in [3.05, 3.63) is 76.4 Å². The lowest BCUT2D eigenvalue weighted by molar-refractivity contribution is 0.677. The van der Waals surface area contributed by atoms with Gasteiger partial charge in [-0.2, -0.15) is 0 Å². The van der Waals surface area contributed by atoms with Crippen LogP contribution in [0.15, 0.2) is 43.0 Å². The van der Waals surface area contributed by atoms with Crippen molar-refractivity contribution in [2.75, 3.05) is 0 Å². The molecule has 2 aromatic carbocycles. The van der Waals surface area contributed by atoms with Crippen molar-refractivity contribution in [1.82, 2.24) is 0 Å². The molecule has 0 fully saturated rings. The van der Waals surface area contributed by atoms with Gasteiger partial charge in [0.1, 0.15) is 0 Å². The summed E-state index contributed by atoms with van der Waals surface area (Å²) in [6.45, 7) is 15.1. The molecule has 0 saturated heterocycles. The molecule has 0 aromatic heterocycles. The molecule has 0 aliphatic rings. The van der Waals surface area contributed by atoms with Gasteiger partial charge in [0.05, 0.1) is 0 Å². The molecule has 0 aliphatic carbocycles. The van der Waals surface area contributed by atoms with Gasteiger partial charge < -0.3 is 0 Å². The normalized spacial score (nSPS) is 12.2. The van der Waals surface area contributed by atoms with Crippen LogP contribution < -0.4 is 0 Å². The Hall–Kier alpha value is -1.82. The van der Waals surface area contributed by atoms with Gasteiger partial charge in [-0.3, -0.25) is 0 Å². The SMILES string of the molecule is C=C(C)c1cccc(CC[C@H](C)c2ccc(C)c(C)c2)c1C. The molecule has 22 heavy (non-hydrogen) atoms. The fraction of sp³-hybridized carbons (Fsp3) is 0.364. The number of aryl methyl sites for hydroxylation is 3. The monoisotopic (exact) mass is 292 g/mol. The highest BCUT2D eigenvalue weighted by Crippen LogP contribution is 2.26. The number of hydrogen-bond donors (Lipinski definition) is 0. The van der Waals surface area contributed by atoms with Crippen LogP contribution in [0.4, 0.5) is 0 Å². The largest absolute Gasteiger partial charge is 0.0955 e. The summed E-state index contributed by atoms with van der Waals surface area (Å²) in [7, 11) is 0. The number of benzene rings is 2. The summed E-state index contributed by atoms with van der Waals surface area (Å²) in [5.41, 5.74) is 9.53. The summed E-state index contributed by atoms with van der Waals surface area (Å²) in [6.07, 6.45) is 2.31. The molecule has 0 heterocycles. The van der Waals surface area contributed by atoms with E-state index in [1.165, 1.54) is 39.8 Å². The van der Waals surface area contributed by atoms with Crippen LogP contribution in [0, 0.1) is 20.8 Å². The molecule has 0 bridgehead atoms. The van der Waals surface area contributed by atoms with Gasteiger partial charge in [0.2, 0.25) is 0 Å². The Bertz CT molecular complexity index is 676. The van der Waals surface area contributed by atoms with Gasteiger partial charge >= 0.3 is 0 Å². The second-order valence-electron chi connectivity index (χ2n) is 6.65. The molecule has 0 N–H and O–H groups in total. The standard InChI is InChI=1S/C22H28/c1-15(2)22-9-7-8-20(19(22)6)12-11-17(4)21-13-10-16(3)18(5)14-21/h7-10,13-14,17H,1,11-12H2,2-6H3/t17-/m0/s1. The minimum Gasteiger partial charge on any atom is -0.0955 e. The first-order valence-corrected chi connectivity index (χ1v) is 8.21. The van der Waals surface area contributed by atoms with E-state index in [1.807, 2.05) is 0 Å². The molecule has 0 unspecified atom stereocenters. The average Bonchev–Trinajstić information content (AvgIpc) is 2.48. The van der Waals surface area contributed by atoms with E-state index in [2.05, 4.69) is 77.6 Å². The van der Waals surface area contributed by atoms with E-state index < -0.39 is 0 Å².